The molecular formula is C14H14N2O5S. The molecule has 8 heteroatoms. The highest BCUT2D eigenvalue weighted by Crippen LogP contribution is 2.34. The molecule has 0 atom stereocenters. The van der Waals surface area contributed by atoms with Crippen LogP contribution in [0.2, 0.25) is 0 Å². The molecule has 0 saturated heterocycles. The Bertz CT molecular complexity index is 685. The fraction of sp³-hybridized carbons (Fsp3) is 0.214. The van der Waals surface area contributed by atoms with Gasteiger partial charge in [0, 0.05) is 12.6 Å². The molecule has 0 aliphatic carbocycles. The van der Waals surface area contributed by atoms with E-state index in [9.17, 15) is 14.9 Å². The number of hydrogen-bond acceptors (Lipinski definition) is 6. The van der Waals surface area contributed by atoms with Gasteiger partial charge in [-0.3, -0.25) is 14.9 Å². The summed E-state index contributed by atoms with van der Waals surface area (Å²) in [5, 5.41) is 17.6. The maximum Gasteiger partial charge on any atom is 0.286 e. The van der Waals surface area contributed by atoms with Gasteiger partial charge >= 0.3 is 0 Å². The molecule has 0 saturated carbocycles. The van der Waals surface area contributed by atoms with Gasteiger partial charge in [0.15, 0.2) is 11.5 Å². The van der Waals surface area contributed by atoms with Crippen molar-refractivity contribution in [3.63, 3.8) is 0 Å². The molecule has 0 unspecified atom stereocenters. The van der Waals surface area contributed by atoms with Crippen LogP contribution in [0.15, 0.2) is 29.0 Å². The van der Waals surface area contributed by atoms with Crippen LogP contribution in [-0.2, 0) is 6.54 Å². The summed E-state index contributed by atoms with van der Waals surface area (Å²) in [6.45, 7) is 0.299. The van der Waals surface area contributed by atoms with Gasteiger partial charge in [0.05, 0.1) is 25.2 Å². The van der Waals surface area contributed by atoms with Crippen molar-refractivity contribution in [2.75, 3.05) is 14.2 Å². The normalized spacial score (nSPS) is 10.1. The maximum atomic E-state index is 12.2. The molecular weight excluding hydrogens is 308 g/mol. The van der Waals surface area contributed by atoms with E-state index in [1.54, 1.807) is 0 Å². The van der Waals surface area contributed by atoms with Gasteiger partial charge < -0.3 is 14.8 Å². The highest BCUT2D eigenvalue weighted by Gasteiger charge is 2.24. The van der Waals surface area contributed by atoms with Crippen molar-refractivity contribution >= 4 is 22.9 Å². The molecule has 0 spiro atoms. The van der Waals surface area contributed by atoms with E-state index in [0.29, 0.717) is 6.54 Å². The van der Waals surface area contributed by atoms with E-state index in [0.717, 1.165) is 5.56 Å². The van der Waals surface area contributed by atoms with Crippen molar-refractivity contribution in [1.82, 2.24) is 5.32 Å². The third kappa shape index (κ3) is 3.34. The molecule has 116 valence electrons. The molecule has 1 N–H and O–H groups in total. The largest absolute Gasteiger partial charge is 0.493 e. The first kappa shape index (κ1) is 15.8. The van der Waals surface area contributed by atoms with Crippen molar-refractivity contribution < 1.29 is 19.2 Å². The highest BCUT2D eigenvalue weighted by atomic mass is 32.1. The van der Waals surface area contributed by atoms with E-state index in [1.165, 1.54) is 37.7 Å². The summed E-state index contributed by atoms with van der Waals surface area (Å²) < 4.78 is 10.1. The minimum atomic E-state index is -0.624. The third-order valence-electron chi connectivity index (χ3n) is 2.98. The summed E-state index contributed by atoms with van der Waals surface area (Å²) in [4.78, 5) is 22.8. The van der Waals surface area contributed by atoms with Crippen LogP contribution in [0, 0.1) is 10.1 Å². The summed E-state index contributed by atoms with van der Waals surface area (Å²) in [5.41, 5.74) is 0.528. The monoisotopic (exact) mass is 322 g/mol. The SMILES string of the molecule is COc1cc(C(=O)NCc2ccsc2)c([N+](=O)[O-])cc1OC. The number of ether oxygens (including phenoxy) is 2. The van der Waals surface area contributed by atoms with Crippen molar-refractivity contribution in [1.29, 1.82) is 0 Å². The lowest BCUT2D eigenvalue weighted by Gasteiger charge is -2.10. The van der Waals surface area contributed by atoms with E-state index < -0.39 is 10.8 Å². The Morgan fingerprint density at radius 3 is 2.55 bits per heavy atom. The van der Waals surface area contributed by atoms with Crippen LogP contribution in [0.4, 0.5) is 5.69 Å². The lowest BCUT2D eigenvalue weighted by Crippen LogP contribution is -2.23. The minimum Gasteiger partial charge on any atom is -0.493 e. The summed E-state index contributed by atoms with van der Waals surface area (Å²) >= 11 is 1.51. The standard InChI is InChI=1S/C14H14N2O5S/c1-20-12-5-10(11(16(18)19)6-13(12)21-2)14(17)15-7-9-3-4-22-8-9/h3-6,8H,7H2,1-2H3,(H,15,17). The van der Waals surface area contributed by atoms with Crippen molar-refractivity contribution in [2.24, 2.45) is 0 Å². The molecule has 0 aliphatic rings. The number of benzene rings is 1. The zero-order valence-corrected chi connectivity index (χ0v) is 12.8. The molecule has 1 aromatic carbocycles. The van der Waals surface area contributed by atoms with Gasteiger partial charge in [-0.2, -0.15) is 11.3 Å². The third-order valence-corrected chi connectivity index (χ3v) is 3.71. The van der Waals surface area contributed by atoms with Crippen LogP contribution < -0.4 is 14.8 Å². The summed E-state index contributed by atoms with van der Waals surface area (Å²) in [5.74, 6) is -0.0868. The van der Waals surface area contributed by atoms with Crippen LogP contribution >= 0.6 is 11.3 Å². The Morgan fingerprint density at radius 2 is 2.00 bits per heavy atom. The zero-order valence-electron chi connectivity index (χ0n) is 12.0. The van der Waals surface area contributed by atoms with E-state index in [1.807, 2.05) is 16.8 Å². The number of carbonyl (C=O) groups is 1. The number of nitro benzene ring substituents is 1. The summed E-state index contributed by atoms with van der Waals surface area (Å²) in [6.07, 6.45) is 0. The Labute approximate surface area is 130 Å². The Kier molecular flexibility index (Phi) is 4.95. The van der Waals surface area contributed by atoms with Crippen LogP contribution in [-0.4, -0.2) is 25.1 Å². The molecule has 1 aromatic heterocycles. The van der Waals surface area contributed by atoms with E-state index in [2.05, 4.69) is 5.32 Å². The van der Waals surface area contributed by atoms with Gasteiger partial charge in [-0.05, 0) is 22.4 Å². The number of nitrogens with zero attached hydrogens (tertiary/aromatic N) is 1. The zero-order chi connectivity index (χ0) is 16.1. The molecule has 1 amide bonds. The Morgan fingerprint density at radius 1 is 1.32 bits per heavy atom. The first-order valence-electron chi connectivity index (χ1n) is 6.26. The average Bonchev–Trinajstić information content (AvgIpc) is 3.04. The van der Waals surface area contributed by atoms with Gasteiger partial charge in [0.1, 0.15) is 5.56 Å². The lowest BCUT2D eigenvalue weighted by atomic mass is 10.1. The van der Waals surface area contributed by atoms with Gasteiger partial charge in [-0.15, -0.1) is 0 Å². The summed E-state index contributed by atoms with van der Waals surface area (Å²) in [6, 6.07) is 4.35. The number of methoxy groups -OCH3 is 2. The number of nitro groups is 1. The van der Waals surface area contributed by atoms with Gasteiger partial charge in [-0.25, -0.2) is 0 Å². The van der Waals surface area contributed by atoms with E-state index in [-0.39, 0.29) is 22.7 Å². The number of hydrogen-bond donors (Lipinski definition) is 1. The highest BCUT2D eigenvalue weighted by molar-refractivity contribution is 7.07. The molecule has 0 fully saturated rings. The second-order valence-corrected chi connectivity index (χ2v) is 5.08. The number of thiophene rings is 1. The molecule has 1 heterocycles. The minimum absolute atomic E-state index is 0.0714. The van der Waals surface area contributed by atoms with Gasteiger partial charge in [0.2, 0.25) is 0 Å². The van der Waals surface area contributed by atoms with Gasteiger partial charge in [-0.1, -0.05) is 0 Å². The number of rotatable bonds is 6. The van der Waals surface area contributed by atoms with Crippen LogP contribution in [0.3, 0.4) is 0 Å². The number of amides is 1. The predicted molar refractivity (Wildman–Crippen MR) is 81.7 cm³/mol. The van der Waals surface area contributed by atoms with E-state index in [4.69, 9.17) is 9.47 Å². The maximum absolute atomic E-state index is 12.2. The Hall–Kier alpha value is -2.61. The summed E-state index contributed by atoms with van der Waals surface area (Å²) in [7, 11) is 2.77. The lowest BCUT2D eigenvalue weighted by molar-refractivity contribution is -0.385. The molecule has 2 aromatic rings. The molecule has 7 nitrogen and oxygen atoms in total. The van der Waals surface area contributed by atoms with Crippen LogP contribution in [0.25, 0.3) is 0 Å². The molecule has 0 bridgehead atoms. The second kappa shape index (κ2) is 6.90. The predicted octanol–water partition coefficient (Wildman–Crippen LogP) is 2.60. The number of carbonyl (C=O) groups excluding carboxylic acids is 1. The smallest absolute Gasteiger partial charge is 0.286 e. The van der Waals surface area contributed by atoms with Crippen molar-refractivity contribution in [3.8, 4) is 11.5 Å². The van der Waals surface area contributed by atoms with Crippen LogP contribution in [0.1, 0.15) is 15.9 Å². The van der Waals surface area contributed by atoms with Gasteiger partial charge in [0.25, 0.3) is 11.6 Å². The number of nitrogens with one attached hydrogen (secondary N) is 1. The average molecular weight is 322 g/mol. The van der Waals surface area contributed by atoms with Crippen molar-refractivity contribution in [3.05, 3.63) is 50.2 Å². The van der Waals surface area contributed by atoms with E-state index >= 15 is 0 Å². The van der Waals surface area contributed by atoms with Crippen LogP contribution in [0.5, 0.6) is 11.5 Å². The molecule has 2 rings (SSSR count). The fourth-order valence-corrected chi connectivity index (χ4v) is 2.54. The molecule has 22 heavy (non-hydrogen) atoms. The second-order valence-electron chi connectivity index (χ2n) is 4.30. The topological polar surface area (TPSA) is 90.7 Å². The molecule has 0 aliphatic heterocycles. The fourth-order valence-electron chi connectivity index (χ4n) is 1.87. The molecule has 0 radical (unpaired) electrons. The Balaban J connectivity index is 2.30. The van der Waals surface area contributed by atoms with Crippen molar-refractivity contribution in [2.45, 2.75) is 6.54 Å². The first-order valence-corrected chi connectivity index (χ1v) is 7.20. The first-order chi connectivity index (χ1) is 10.6. The quantitative estimate of drug-likeness (QED) is 0.652.